The van der Waals surface area contributed by atoms with Gasteiger partial charge < -0.3 is 5.73 Å². The van der Waals surface area contributed by atoms with Gasteiger partial charge in [-0.25, -0.2) is 0 Å². The number of anilines is 1. The van der Waals surface area contributed by atoms with Crippen LogP contribution in [0.3, 0.4) is 0 Å². The topological polar surface area (TPSA) is 56.7 Å². The van der Waals surface area contributed by atoms with Crippen LogP contribution >= 0.6 is 0 Å². The number of hydrogen-bond acceptors (Lipinski definition) is 3. The molecule has 2 heterocycles. The van der Waals surface area contributed by atoms with E-state index in [9.17, 15) is 0 Å². The first-order valence-corrected chi connectivity index (χ1v) is 5.05. The highest BCUT2D eigenvalue weighted by molar-refractivity contribution is 5.69. The van der Waals surface area contributed by atoms with Crippen molar-refractivity contribution in [1.82, 2.24) is 14.8 Å². The third-order valence-corrected chi connectivity index (χ3v) is 2.23. The van der Waals surface area contributed by atoms with Crippen molar-refractivity contribution in [1.29, 1.82) is 0 Å². The minimum Gasteiger partial charge on any atom is -0.397 e. The van der Waals surface area contributed by atoms with Crippen molar-refractivity contribution in [2.75, 3.05) is 5.73 Å². The number of nitrogens with two attached hydrogens (primary N) is 1. The molecular weight excluding hydrogens is 188 g/mol. The zero-order chi connectivity index (χ0) is 10.7. The second-order valence-electron chi connectivity index (χ2n) is 3.38. The molecule has 2 rings (SSSR count). The lowest BCUT2D eigenvalue weighted by atomic mass is 10.2. The predicted octanol–water partition coefficient (Wildman–Crippen LogP) is 1.94. The molecule has 0 aromatic carbocycles. The highest BCUT2D eigenvalue weighted by Crippen LogP contribution is 2.22. The van der Waals surface area contributed by atoms with Crippen LogP contribution in [0.4, 0.5) is 5.69 Å². The van der Waals surface area contributed by atoms with Gasteiger partial charge in [0.25, 0.3) is 0 Å². The minimum absolute atomic E-state index is 0.690. The molecule has 0 amide bonds. The van der Waals surface area contributed by atoms with Crippen LogP contribution in [0.15, 0.2) is 30.6 Å². The SMILES string of the molecule is CCCn1nccc1-c1ncccc1N. The number of rotatable bonds is 3. The van der Waals surface area contributed by atoms with Gasteiger partial charge in [0.05, 0.1) is 11.4 Å². The molecule has 0 unspecified atom stereocenters. The summed E-state index contributed by atoms with van der Waals surface area (Å²) < 4.78 is 1.93. The summed E-state index contributed by atoms with van der Waals surface area (Å²) in [5.74, 6) is 0. The van der Waals surface area contributed by atoms with Gasteiger partial charge in [0.1, 0.15) is 5.69 Å². The fourth-order valence-electron chi connectivity index (χ4n) is 1.56. The van der Waals surface area contributed by atoms with Crippen LogP contribution in [-0.2, 0) is 6.54 Å². The van der Waals surface area contributed by atoms with Crippen molar-refractivity contribution in [2.24, 2.45) is 0 Å². The van der Waals surface area contributed by atoms with Gasteiger partial charge in [-0.1, -0.05) is 6.92 Å². The first-order chi connectivity index (χ1) is 7.33. The molecule has 78 valence electrons. The summed E-state index contributed by atoms with van der Waals surface area (Å²) in [6.45, 7) is 3.01. The minimum atomic E-state index is 0.690. The Morgan fingerprint density at radius 1 is 1.33 bits per heavy atom. The average molecular weight is 202 g/mol. The molecule has 0 saturated heterocycles. The van der Waals surface area contributed by atoms with Crippen LogP contribution in [0.2, 0.25) is 0 Å². The van der Waals surface area contributed by atoms with E-state index in [1.165, 1.54) is 0 Å². The van der Waals surface area contributed by atoms with Crippen molar-refractivity contribution in [3.8, 4) is 11.4 Å². The number of hydrogen-bond donors (Lipinski definition) is 1. The van der Waals surface area contributed by atoms with Crippen molar-refractivity contribution in [3.63, 3.8) is 0 Å². The standard InChI is InChI=1S/C11H14N4/c1-2-8-15-10(5-7-14-15)11-9(12)4-3-6-13-11/h3-7H,2,8,12H2,1H3. The van der Waals surface area contributed by atoms with Gasteiger partial charge in [-0.15, -0.1) is 0 Å². The average Bonchev–Trinajstić information content (AvgIpc) is 2.67. The van der Waals surface area contributed by atoms with E-state index in [1.54, 1.807) is 12.4 Å². The summed E-state index contributed by atoms with van der Waals surface area (Å²) in [4.78, 5) is 4.28. The van der Waals surface area contributed by atoms with E-state index < -0.39 is 0 Å². The lowest BCUT2D eigenvalue weighted by Gasteiger charge is -2.07. The van der Waals surface area contributed by atoms with Gasteiger partial charge in [-0.2, -0.15) is 5.10 Å². The van der Waals surface area contributed by atoms with Crippen molar-refractivity contribution in [2.45, 2.75) is 19.9 Å². The Bertz CT molecular complexity index is 447. The van der Waals surface area contributed by atoms with E-state index in [4.69, 9.17) is 5.73 Å². The van der Waals surface area contributed by atoms with E-state index in [0.29, 0.717) is 5.69 Å². The summed E-state index contributed by atoms with van der Waals surface area (Å²) >= 11 is 0. The molecule has 0 aliphatic heterocycles. The van der Waals surface area contributed by atoms with Gasteiger partial charge in [0, 0.05) is 18.9 Å². The first kappa shape index (κ1) is 9.71. The maximum atomic E-state index is 5.87. The normalized spacial score (nSPS) is 10.5. The Morgan fingerprint density at radius 3 is 2.93 bits per heavy atom. The number of nitrogen functional groups attached to an aromatic ring is 1. The lowest BCUT2D eigenvalue weighted by Crippen LogP contribution is -2.03. The summed E-state index contributed by atoms with van der Waals surface area (Å²) in [5, 5.41) is 4.24. The molecule has 4 heteroatoms. The number of aryl methyl sites for hydroxylation is 1. The predicted molar refractivity (Wildman–Crippen MR) is 60.2 cm³/mol. The lowest BCUT2D eigenvalue weighted by molar-refractivity contribution is 0.608. The van der Waals surface area contributed by atoms with Crippen molar-refractivity contribution >= 4 is 5.69 Å². The summed E-state index contributed by atoms with van der Waals surface area (Å²) in [5.41, 5.74) is 8.35. The molecule has 0 atom stereocenters. The number of aromatic nitrogens is 3. The van der Waals surface area contributed by atoms with Gasteiger partial charge in [0.15, 0.2) is 0 Å². The van der Waals surface area contributed by atoms with E-state index >= 15 is 0 Å². The van der Waals surface area contributed by atoms with Gasteiger partial charge in [-0.3, -0.25) is 9.67 Å². The van der Waals surface area contributed by atoms with E-state index in [2.05, 4.69) is 17.0 Å². The van der Waals surface area contributed by atoms with E-state index in [1.807, 2.05) is 22.9 Å². The Balaban J connectivity index is 2.45. The second kappa shape index (κ2) is 4.13. The Labute approximate surface area is 88.8 Å². The summed E-state index contributed by atoms with van der Waals surface area (Å²) in [7, 11) is 0. The maximum Gasteiger partial charge on any atom is 0.111 e. The summed E-state index contributed by atoms with van der Waals surface area (Å²) in [6.07, 6.45) is 4.56. The van der Waals surface area contributed by atoms with Crippen LogP contribution in [0, 0.1) is 0 Å². The molecule has 15 heavy (non-hydrogen) atoms. The van der Waals surface area contributed by atoms with Crippen LogP contribution in [0.5, 0.6) is 0 Å². The molecule has 0 aliphatic rings. The molecule has 0 bridgehead atoms. The fourth-order valence-corrected chi connectivity index (χ4v) is 1.56. The van der Waals surface area contributed by atoms with Crippen LogP contribution < -0.4 is 5.73 Å². The van der Waals surface area contributed by atoms with Gasteiger partial charge in [-0.05, 0) is 24.6 Å². The molecule has 2 aromatic heterocycles. The molecule has 0 radical (unpaired) electrons. The van der Waals surface area contributed by atoms with Crippen LogP contribution in [-0.4, -0.2) is 14.8 Å². The Kier molecular flexibility index (Phi) is 2.67. The number of nitrogens with zero attached hydrogens (tertiary/aromatic N) is 3. The second-order valence-corrected chi connectivity index (χ2v) is 3.38. The Hall–Kier alpha value is -1.84. The third-order valence-electron chi connectivity index (χ3n) is 2.23. The van der Waals surface area contributed by atoms with Crippen molar-refractivity contribution in [3.05, 3.63) is 30.6 Å². The molecule has 0 fully saturated rings. The fraction of sp³-hybridized carbons (Fsp3) is 0.273. The molecule has 0 spiro atoms. The summed E-state index contributed by atoms with van der Waals surface area (Å²) in [6, 6.07) is 5.62. The van der Waals surface area contributed by atoms with Crippen molar-refractivity contribution < 1.29 is 0 Å². The monoisotopic (exact) mass is 202 g/mol. The molecule has 0 aliphatic carbocycles. The van der Waals surface area contributed by atoms with Gasteiger partial charge >= 0.3 is 0 Å². The smallest absolute Gasteiger partial charge is 0.111 e. The molecule has 0 saturated carbocycles. The van der Waals surface area contributed by atoms with Crippen LogP contribution in [0.1, 0.15) is 13.3 Å². The Morgan fingerprint density at radius 2 is 2.20 bits per heavy atom. The van der Waals surface area contributed by atoms with Crippen LogP contribution in [0.25, 0.3) is 11.4 Å². The maximum absolute atomic E-state index is 5.87. The largest absolute Gasteiger partial charge is 0.397 e. The highest BCUT2D eigenvalue weighted by Gasteiger charge is 2.08. The molecular formula is C11H14N4. The molecule has 4 nitrogen and oxygen atoms in total. The molecule has 2 aromatic rings. The molecule has 2 N–H and O–H groups in total. The first-order valence-electron chi connectivity index (χ1n) is 5.05. The quantitative estimate of drug-likeness (QED) is 0.827. The van der Waals surface area contributed by atoms with Gasteiger partial charge in [0.2, 0.25) is 0 Å². The number of pyridine rings is 1. The zero-order valence-corrected chi connectivity index (χ0v) is 8.72. The van der Waals surface area contributed by atoms with E-state index in [0.717, 1.165) is 24.4 Å². The third kappa shape index (κ3) is 1.83. The highest BCUT2D eigenvalue weighted by atomic mass is 15.3. The zero-order valence-electron chi connectivity index (χ0n) is 8.72. The van der Waals surface area contributed by atoms with E-state index in [-0.39, 0.29) is 0 Å².